The van der Waals surface area contributed by atoms with Gasteiger partial charge in [-0.1, -0.05) is 0 Å². The van der Waals surface area contributed by atoms with E-state index in [9.17, 15) is 0 Å². The maximum absolute atomic E-state index is 9.14. The summed E-state index contributed by atoms with van der Waals surface area (Å²) in [6.45, 7) is 1.51. The molecule has 1 aliphatic rings. The topological polar surface area (TPSA) is 72.6 Å². The van der Waals surface area contributed by atoms with E-state index in [-0.39, 0.29) is 12.7 Å². The van der Waals surface area contributed by atoms with Gasteiger partial charge in [0, 0.05) is 0 Å². The van der Waals surface area contributed by atoms with Crippen molar-refractivity contribution in [3.8, 4) is 0 Å². The Hall–Kier alpha value is -0.160. The molecule has 10 heavy (non-hydrogen) atoms. The fourth-order valence-electron chi connectivity index (χ4n) is 1.11. The van der Waals surface area contributed by atoms with Crippen molar-refractivity contribution in [2.75, 3.05) is 6.61 Å². The Bertz CT molecular complexity index is 116. The SMILES string of the molecule is CC1OC(CO)C([OH2+])C1O. The Morgan fingerprint density at radius 2 is 2.20 bits per heavy atom. The van der Waals surface area contributed by atoms with Gasteiger partial charge in [-0.2, -0.15) is 0 Å². The molecule has 0 amide bonds. The standard InChI is InChI=1S/C6H12O4/c1-3-5(8)6(9)4(2-7)10-3/h3-9H,2H2,1H3/p+1. The molecule has 0 aromatic heterocycles. The maximum atomic E-state index is 9.14. The van der Waals surface area contributed by atoms with Crippen LogP contribution in [0.4, 0.5) is 0 Å². The highest BCUT2D eigenvalue weighted by atomic mass is 16.5. The molecule has 4 N–H and O–H groups in total. The van der Waals surface area contributed by atoms with Gasteiger partial charge in [-0.25, -0.2) is 0 Å². The van der Waals surface area contributed by atoms with E-state index in [4.69, 9.17) is 20.1 Å². The van der Waals surface area contributed by atoms with Crippen molar-refractivity contribution >= 4 is 0 Å². The fraction of sp³-hybridized carbons (Fsp3) is 1.00. The molecule has 1 saturated heterocycles. The molecular formula is C6H13O4+. The van der Waals surface area contributed by atoms with Gasteiger partial charge in [-0.05, 0) is 6.92 Å². The van der Waals surface area contributed by atoms with Gasteiger partial charge < -0.3 is 20.1 Å². The van der Waals surface area contributed by atoms with Crippen LogP contribution in [0.1, 0.15) is 6.92 Å². The van der Waals surface area contributed by atoms with Gasteiger partial charge in [0.25, 0.3) is 0 Å². The zero-order valence-electron chi connectivity index (χ0n) is 5.82. The molecular weight excluding hydrogens is 136 g/mol. The van der Waals surface area contributed by atoms with Crippen molar-refractivity contribution in [3.05, 3.63) is 0 Å². The minimum atomic E-state index is -0.753. The third kappa shape index (κ3) is 1.15. The summed E-state index contributed by atoms with van der Waals surface area (Å²) in [5.74, 6) is 0. The first-order valence-electron chi connectivity index (χ1n) is 3.32. The average Bonchev–Trinajstić information content (AvgIpc) is 2.17. The minimum Gasteiger partial charge on any atom is -0.439 e. The Labute approximate surface area is 59.1 Å². The normalized spacial score (nSPS) is 48.0. The van der Waals surface area contributed by atoms with Crippen LogP contribution in [0.5, 0.6) is 0 Å². The second-order valence-corrected chi connectivity index (χ2v) is 2.58. The molecule has 60 valence electrons. The highest BCUT2D eigenvalue weighted by molar-refractivity contribution is 4.87. The molecule has 0 radical (unpaired) electrons. The average molecular weight is 149 g/mol. The lowest BCUT2D eigenvalue weighted by Gasteiger charge is -2.06. The Kier molecular flexibility index (Phi) is 2.25. The van der Waals surface area contributed by atoms with Gasteiger partial charge in [0.1, 0.15) is 0 Å². The van der Waals surface area contributed by atoms with E-state index < -0.39 is 18.3 Å². The summed E-state index contributed by atoms with van der Waals surface area (Å²) < 4.78 is 5.05. The largest absolute Gasteiger partial charge is 0.439 e. The second-order valence-electron chi connectivity index (χ2n) is 2.58. The van der Waals surface area contributed by atoms with Gasteiger partial charge >= 0.3 is 0 Å². The van der Waals surface area contributed by atoms with Gasteiger partial charge in [0.05, 0.1) is 12.7 Å². The molecule has 1 heterocycles. The van der Waals surface area contributed by atoms with Gasteiger partial charge in [-0.3, -0.25) is 0 Å². The molecule has 4 heteroatoms. The first-order chi connectivity index (χ1) is 4.66. The van der Waals surface area contributed by atoms with Crippen LogP contribution in [-0.2, 0) is 4.74 Å². The minimum absolute atomic E-state index is 0.185. The highest BCUT2D eigenvalue weighted by Gasteiger charge is 2.43. The van der Waals surface area contributed by atoms with Gasteiger partial charge in [-0.15, -0.1) is 0 Å². The number of rotatable bonds is 1. The highest BCUT2D eigenvalue weighted by Crippen LogP contribution is 2.19. The van der Waals surface area contributed by atoms with E-state index in [1.807, 2.05) is 0 Å². The van der Waals surface area contributed by atoms with Crippen LogP contribution in [0.25, 0.3) is 0 Å². The first-order valence-corrected chi connectivity index (χ1v) is 3.32. The van der Waals surface area contributed by atoms with Crippen LogP contribution in [0.3, 0.4) is 0 Å². The van der Waals surface area contributed by atoms with Gasteiger partial charge in [0.2, 0.25) is 6.10 Å². The summed E-state index contributed by atoms with van der Waals surface area (Å²) in [6, 6.07) is 0. The van der Waals surface area contributed by atoms with Crippen LogP contribution in [0, 0.1) is 0 Å². The number of aliphatic hydroxyl groups excluding tert-OH is 2. The van der Waals surface area contributed by atoms with Crippen molar-refractivity contribution in [1.82, 2.24) is 0 Å². The Morgan fingerprint density at radius 3 is 2.40 bits per heavy atom. The molecule has 0 aliphatic carbocycles. The van der Waals surface area contributed by atoms with E-state index in [1.165, 1.54) is 0 Å². The summed E-state index contributed by atoms with van der Waals surface area (Å²) in [6.07, 6.45) is -2.28. The monoisotopic (exact) mass is 149 g/mol. The van der Waals surface area contributed by atoms with Crippen LogP contribution >= 0.6 is 0 Å². The Balaban J connectivity index is 2.53. The number of hydrogen-bond donors (Lipinski definition) is 2. The van der Waals surface area contributed by atoms with Crippen molar-refractivity contribution in [2.45, 2.75) is 31.3 Å². The molecule has 0 spiro atoms. The zero-order valence-corrected chi connectivity index (χ0v) is 5.82. The molecule has 1 fully saturated rings. The lowest BCUT2D eigenvalue weighted by atomic mass is 10.1. The number of hydrogen-bond acceptors (Lipinski definition) is 3. The number of aliphatic hydroxyl groups is 2. The molecule has 0 saturated carbocycles. The molecule has 0 bridgehead atoms. The first kappa shape index (κ1) is 7.94. The summed E-state index contributed by atoms with van der Waals surface area (Å²) in [4.78, 5) is 0. The third-order valence-electron chi connectivity index (χ3n) is 1.82. The van der Waals surface area contributed by atoms with Crippen molar-refractivity contribution < 1.29 is 20.1 Å². The summed E-state index contributed by atoms with van der Waals surface area (Å²) >= 11 is 0. The van der Waals surface area contributed by atoms with E-state index >= 15 is 0 Å². The van der Waals surface area contributed by atoms with E-state index in [0.29, 0.717) is 0 Å². The van der Waals surface area contributed by atoms with Crippen LogP contribution < -0.4 is 0 Å². The fourth-order valence-corrected chi connectivity index (χ4v) is 1.11. The van der Waals surface area contributed by atoms with Crippen LogP contribution in [0.2, 0.25) is 0 Å². The predicted octanol–water partition coefficient (Wildman–Crippen LogP) is -1.78. The Morgan fingerprint density at radius 1 is 1.60 bits per heavy atom. The summed E-state index contributed by atoms with van der Waals surface area (Å²) in [5, 5.41) is 25.1. The lowest BCUT2D eigenvalue weighted by molar-refractivity contribution is -0.0171. The van der Waals surface area contributed by atoms with Crippen LogP contribution in [0.15, 0.2) is 0 Å². The zero-order chi connectivity index (χ0) is 7.72. The molecule has 4 atom stereocenters. The molecule has 0 aromatic carbocycles. The summed E-state index contributed by atoms with van der Waals surface area (Å²) in [7, 11) is 0. The molecule has 4 nitrogen and oxygen atoms in total. The molecule has 0 aromatic rings. The molecule has 1 rings (SSSR count). The van der Waals surface area contributed by atoms with E-state index in [1.54, 1.807) is 6.92 Å². The molecule has 1 aliphatic heterocycles. The molecule has 4 unspecified atom stereocenters. The lowest BCUT2D eigenvalue weighted by Crippen LogP contribution is -2.33. The number of ether oxygens (including phenoxy) is 1. The smallest absolute Gasteiger partial charge is 0.211 e. The van der Waals surface area contributed by atoms with E-state index in [0.717, 1.165) is 0 Å². The second kappa shape index (κ2) is 2.84. The van der Waals surface area contributed by atoms with Crippen molar-refractivity contribution in [3.63, 3.8) is 0 Å². The van der Waals surface area contributed by atoms with Crippen LogP contribution in [-0.4, -0.2) is 46.3 Å². The van der Waals surface area contributed by atoms with Crippen molar-refractivity contribution in [2.24, 2.45) is 0 Å². The maximum Gasteiger partial charge on any atom is 0.211 e. The van der Waals surface area contributed by atoms with Gasteiger partial charge in [0.15, 0.2) is 12.2 Å². The predicted molar refractivity (Wildman–Crippen MR) is 34.8 cm³/mol. The third-order valence-corrected chi connectivity index (χ3v) is 1.82. The quantitative estimate of drug-likeness (QED) is 0.433. The summed E-state index contributed by atoms with van der Waals surface area (Å²) in [5.41, 5.74) is 0. The van der Waals surface area contributed by atoms with E-state index in [2.05, 4.69) is 0 Å². The van der Waals surface area contributed by atoms with Crippen molar-refractivity contribution in [1.29, 1.82) is 0 Å².